The molecule has 98 valence electrons. The van der Waals surface area contributed by atoms with Crippen molar-refractivity contribution in [3.05, 3.63) is 29.8 Å². The van der Waals surface area contributed by atoms with Crippen LogP contribution in [0, 0.1) is 6.92 Å². The van der Waals surface area contributed by atoms with Crippen molar-refractivity contribution in [2.24, 2.45) is 0 Å². The molecule has 1 aromatic rings. The van der Waals surface area contributed by atoms with E-state index < -0.39 is 0 Å². The number of urea groups is 1. The van der Waals surface area contributed by atoms with E-state index in [-0.39, 0.29) is 6.03 Å². The van der Waals surface area contributed by atoms with E-state index >= 15 is 0 Å². The zero-order valence-corrected chi connectivity index (χ0v) is 10.8. The van der Waals surface area contributed by atoms with Gasteiger partial charge in [-0.1, -0.05) is 12.1 Å². The van der Waals surface area contributed by atoms with Crippen LogP contribution >= 0.6 is 0 Å². The SMILES string of the molecule is Cc1cccc(NC(=O)NCC[C@@H]2CCCN2)c1. The Kier molecular flexibility index (Phi) is 4.59. The summed E-state index contributed by atoms with van der Waals surface area (Å²) in [6.45, 7) is 3.84. The van der Waals surface area contributed by atoms with Crippen LogP contribution in [0.2, 0.25) is 0 Å². The lowest BCUT2D eigenvalue weighted by atomic mass is 10.1. The molecule has 1 aromatic carbocycles. The van der Waals surface area contributed by atoms with Gasteiger partial charge < -0.3 is 16.0 Å². The summed E-state index contributed by atoms with van der Waals surface area (Å²) < 4.78 is 0. The predicted octanol–water partition coefficient (Wildman–Crippen LogP) is 2.26. The summed E-state index contributed by atoms with van der Waals surface area (Å²) in [7, 11) is 0. The largest absolute Gasteiger partial charge is 0.338 e. The van der Waals surface area contributed by atoms with E-state index in [0.29, 0.717) is 6.04 Å². The average Bonchev–Trinajstić information content (AvgIpc) is 2.82. The fourth-order valence-corrected chi connectivity index (χ4v) is 2.26. The highest BCUT2D eigenvalue weighted by Gasteiger charge is 2.13. The number of benzene rings is 1. The molecule has 4 nitrogen and oxygen atoms in total. The number of hydrogen-bond acceptors (Lipinski definition) is 2. The number of carbonyl (C=O) groups is 1. The first-order valence-corrected chi connectivity index (χ1v) is 6.59. The van der Waals surface area contributed by atoms with Crippen molar-refractivity contribution in [3.8, 4) is 0 Å². The number of anilines is 1. The monoisotopic (exact) mass is 247 g/mol. The maximum absolute atomic E-state index is 11.7. The van der Waals surface area contributed by atoms with Crippen LogP contribution in [0.25, 0.3) is 0 Å². The first kappa shape index (κ1) is 12.9. The number of aryl methyl sites for hydroxylation is 1. The molecule has 0 aliphatic carbocycles. The van der Waals surface area contributed by atoms with Crippen molar-refractivity contribution < 1.29 is 4.79 Å². The fraction of sp³-hybridized carbons (Fsp3) is 0.500. The van der Waals surface area contributed by atoms with Gasteiger partial charge in [-0.15, -0.1) is 0 Å². The molecular weight excluding hydrogens is 226 g/mol. The minimum Gasteiger partial charge on any atom is -0.338 e. The molecule has 18 heavy (non-hydrogen) atoms. The first-order chi connectivity index (χ1) is 8.74. The van der Waals surface area contributed by atoms with E-state index in [1.165, 1.54) is 12.8 Å². The van der Waals surface area contributed by atoms with E-state index in [1.807, 2.05) is 31.2 Å². The molecule has 1 aliphatic heterocycles. The summed E-state index contributed by atoms with van der Waals surface area (Å²) in [6, 6.07) is 8.24. The number of rotatable bonds is 4. The van der Waals surface area contributed by atoms with Crippen molar-refractivity contribution >= 4 is 11.7 Å². The number of carbonyl (C=O) groups excluding carboxylic acids is 1. The highest BCUT2D eigenvalue weighted by molar-refractivity contribution is 5.89. The van der Waals surface area contributed by atoms with Crippen LogP contribution in [0.5, 0.6) is 0 Å². The van der Waals surface area contributed by atoms with Gasteiger partial charge in [0.2, 0.25) is 0 Å². The van der Waals surface area contributed by atoms with Crippen molar-refractivity contribution in [2.45, 2.75) is 32.2 Å². The molecule has 1 saturated heterocycles. The molecule has 1 aliphatic rings. The molecule has 2 rings (SSSR count). The molecule has 1 heterocycles. The summed E-state index contributed by atoms with van der Waals surface area (Å²) in [5.74, 6) is 0. The van der Waals surface area contributed by atoms with Crippen molar-refractivity contribution in [3.63, 3.8) is 0 Å². The summed E-state index contributed by atoms with van der Waals surface area (Å²) in [5.41, 5.74) is 1.98. The van der Waals surface area contributed by atoms with E-state index in [1.54, 1.807) is 0 Å². The lowest BCUT2D eigenvalue weighted by molar-refractivity contribution is 0.251. The number of nitrogens with one attached hydrogen (secondary N) is 3. The van der Waals surface area contributed by atoms with Crippen LogP contribution in [-0.4, -0.2) is 25.2 Å². The van der Waals surface area contributed by atoms with E-state index in [4.69, 9.17) is 0 Å². The van der Waals surface area contributed by atoms with Gasteiger partial charge in [0.1, 0.15) is 0 Å². The number of amides is 2. The maximum Gasteiger partial charge on any atom is 0.319 e. The third-order valence-electron chi connectivity index (χ3n) is 3.22. The lowest BCUT2D eigenvalue weighted by Gasteiger charge is -2.11. The van der Waals surface area contributed by atoms with Gasteiger partial charge in [0.05, 0.1) is 0 Å². The van der Waals surface area contributed by atoms with Gasteiger partial charge in [-0.05, 0) is 50.4 Å². The third-order valence-corrected chi connectivity index (χ3v) is 3.22. The molecule has 0 unspecified atom stereocenters. The van der Waals surface area contributed by atoms with Crippen LogP contribution in [0.15, 0.2) is 24.3 Å². The second kappa shape index (κ2) is 6.40. The molecule has 2 amide bonds. The molecule has 0 saturated carbocycles. The summed E-state index contributed by atoms with van der Waals surface area (Å²) in [5, 5.41) is 9.14. The number of hydrogen-bond donors (Lipinski definition) is 3. The highest BCUT2D eigenvalue weighted by atomic mass is 16.2. The average molecular weight is 247 g/mol. The molecular formula is C14H21N3O. The maximum atomic E-state index is 11.7. The minimum absolute atomic E-state index is 0.126. The lowest BCUT2D eigenvalue weighted by Crippen LogP contribution is -2.33. The molecule has 0 radical (unpaired) electrons. The standard InChI is InChI=1S/C14H21N3O/c1-11-4-2-5-13(10-11)17-14(18)16-9-7-12-6-3-8-15-12/h2,4-5,10,12,15H,3,6-9H2,1H3,(H2,16,17,18)/t12-/m0/s1. The smallest absolute Gasteiger partial charge is 0.319 e. The molecule has 1 atom stereocenters. The van der Waals surface area contributed by atoms with Crippen molar-refractivity contribution in [1.29, 1.82) is 0 Å². The topological polar surface area (TPSA) is 53.2 Å². The van der Waals surface area contributed by atoms with E-state index in [2.05, 4.69) is 16.0 Å². The Labute approximate surface area is 108 Å². The highest BCUT2D eigenvalue weighted by Crippen LogP contribution is 2.09. The zero-order valence-electron chi connectivity index (χ0n) is 10.8. The molecule has 0 bridgehead atoms. The quantitative estimate of drug-likeness (QED) is 0.764. The van der Waals surface area contributed by atoms with E-state index in [0.717, 1.165) is 30.8 Å². The third kappa shape index (κ3) is 4.04. The van der Waals surface area contributed by atoms with Gasteiger partial charge in [-0.25, -0.2) is 4.79 Å². The second-order valence-corrected chi connectivity index (χ2v) is 4.83. The van der Waals surface area contributed by atoms with E-state index in [9.17, 15) is 4.79 Å². The summed E-state index contributed by atoms with van der Waals surface area (Å²) in [4.78, 5) is 11.7. The first-order valence-electron chi connectivity index (χ1n) is 6.59. The van der Waals surface area contributed by atoms with Crippen molar-refractivity contribution in [2.75, 3.05) is 18.4 Å². The van der Waals surface area contributed by atoms with Gasteiger partial charge >= 0.3 is 6.03 Å². The Bertz CT molecular complexity index is 400. The van der Waals surface area contributed by atoms with Gasteiger partial charge in [-0.2, -0.15) is 0 Å². The van der Waals surface area contributed by atoms with Crippen LogP contribution in [-0.2, 0) is 0 Å². The van der Waals surface area contributed by atoms with Gasteiger partial charge in [-0.3, -0.25) is 0 Å². The predicted molar refractivity (Wildman–Crippen MR) is 73.8 cm³/mol. The molecule has 1 fully saturated rings. The Morgan fingerprint density at radius 1 is 1.50 bits per heavy atom. The fourth-order valence-electron chi connectivity index (χ4n) is 2.26. The Balaban J connectivity index is 1.68. The van der Waals surface area contributed by atoms with Crippen LogP contribution in [0.4, 0.5) is 10.5 Å². The molecule has 3 N–H and O–H groups in total. The van der Waals surface area contributed by atoms with Crippen LogP contribution in [0.3, 0.4) is 0 Å². The second-order valence-electron chi connectivity index (χ2n) is 4.83. The van der Waals surface area contributed by atoms with Crippen LogP contribution < -0.4 is 16.0 Å². The molecule has 4 heteroatoms. The van der Waals surface area contributed by atoms with Crippen molar-refractivity contribution in [1.82, 2.24) is 10.6 Å². The van der Waals surface area contributed by atoms with Crippen LogP contribution in [0.1, 0.15) is 24.8 Å². The Morgan fingerprint density at radius 3 is 3.11 bits per heavy atom. The molecule has 0 aromatic heterocycles. The van der Waals surface area contributed by atoms with Gasteiger partial charge in [0.15, 0.2) is 0 Å². The van der Waals surface area contributed by atoms with Gasteiger partial charge in [0.25, 0.3) is 0 Å². The zero-order chi connectivity index (χ0) is 12.8. The molecule has 0 spiro atoms. The minimum atomic E-state index is -0.126. The normalized spacial score (nSPS) is 18.6. The summed E-state index contributed by atoms with van der Waals surface area (Å²) >= 11 is 0. The Morgan fingerprint density at radius 2 is 2.39 bits per heavy atom. The Hall–Kier alpha value is -1.55. The van der Waals surface area contributed by atoms with Gasteiger partial charge in [0, 0.05) is 18.3 Å². The summed E-state index contributed by atoms with van der Waals surface area (Å²) in [6.07, 6.45) is 3.47.